The molecule has 0 heterocycles. The van der Waals surface area contributed by atoms with Gasteiger partial charge in [-0.3, -0.25) is 0 Å². The summed E-state index contributed by atoms with van der Waals surface area (Å²) in [5.41, 5.74) is -0.157. The summed E-state index contributed by atoms with van der Waals surface area (Å²) in [6.45, 7) is 5.10. The van der Waals surface area contributed by atoms with Crippen molar-refractivity contribution in [2.45, 2.75) is 38.8 Å². The summed E-state index contributed by atoms with van der Waals surface area (Å²) >= 11 is 0. The van der Waals surface area contributed by atoms with Gasteiger partial charge in [-0.15, -0.1) is 0 Å². The number of hydrogen-bond donors (Lipinski definition) is 2. The lowest BCUT2D eigenvalue weighted by Gasteiger charge is -2.22. The largest absolute Gasteiger partial charge is 0.496 e. The van der Waals surface area contributed by atoms with Gasteiger partial charge in [-0.05, 0) is 32.9 Å². The first-order valence-corrected chi connectivity index (χ1v) is 7.10. The van der Waals surface area contributed by atoms with Crippen molar-refractivity contribution in [3.8, 4) is 11.5 Å². The minimum Gasteiger partial charge on any atom is -0.496 e. The van der Waals surface area contributed by atoms with Gasteiger partial charge in [0.15, 0.2) is 0 Å². The van der Waals surface area contributed by atoms with Gasteiger partial charge in [-0.25, -0.2) is 9.59 Å². The van der Waals surface area contributed by atoms with Crippen LogP contribution in [0.2, 0.25) is 0 Å². The number of alkyl carbamates (subject to hydrolysis) is 1. The van der Waals surface area contributed by atoms with E-state index in [4.69, 9.17) is 14.2 Å². The zero-order valence-electron chi connectivity index (χ0n) is 14.0. The van der Waals surface area contributed by atoms with Crippen molar-refractivity contribution < 1.29 is 28.9 Å². The highest BCUT2D eigenvalue weighted by molar-refractivity contribution is 5.80. The van der Waals surface area contributed by atoms with Crippen LogP contribution in [0.3, 0.4) is 0 Å². The highest BCUT2D eigenvalue weighted by Gasteiger charge is 2.26. The van der Waals surface area contributed by atoms with Crippen molar-refractivity contribution in [3.05, 3.63) is 23.8 Å². The van der Waals surface area contributed by atoms with Crippen LogP contribution in [-0.4, -0.2) is 43.0 Å². The van der Waals surface area contributed by atoms with Crippen LogP contribution >= 0.6 is 0 Å². The predicted molar refractivity (Wildman–Crippen MR) is 84.0 cm³/mol. The van der Waals surface area contributed by atoms with E-state index < -0.39 is 23.7 Å². The maximum absolute atomic E-state index is 11.8. The van der Waals surface area contributed by atoms with E-state index in [1.54, 1.807) is 39.0 Å². The number of carbonyl (C=O) groups is 2. The van der Waals surface area contributed by atoms with Gasteiger partial charge >= 0.3 is 12.1 Å². The number of carboxylic acids is 1. The lowest BCUT2D eigenvalue weighted by atomic mass is 10.0. The average Bonchev–Trinajstić information content (AvgIpc) is 2.44. The Hall–Kier alpha value is -2.44. The van der Waals surface area contributed by atoms with Crippen LogP contribution in [0.15, 0.2) is 18.2 Å². The van der Waals surface area contributed by atoms with E-state index in [1.165, 1.54) is 14.2 Å². The molecule has 0 aliphatic rings. The van der Waals surface area contributed by atoms with Gasteiger partial charge in [-0.1, -0.05) is 6.07 Å². The molecular formula is C16H23NO6. The monoisotopic (exact) mass is 325 g/mol. The summed E-state index contributed by atoms with van der Waals surface area (Å²) in [4.78, 5) is 23.3. The third kappa shape index (κ3) is 5.69. The first kappa shape index (κ1) is 18.6. The first-order valence-electron chi connectivity index (χ1n) is 7.10. The minimum absolute atomic E-state index is 0.00175. The minimum atomic E-state index is -1.18. The summed E-state index contributed by atoms with van der Waals surface area (Å²) < 4.78 is 15.6. The summed E-state index contributed by atoms with van der Waals surface area (Å²) in [6, 6.07) is 3.96. The van der Waals surface area contributed by atoms with Gasteiger partial charge in [0, 0.05) is 12.0 Å². The molecule has 128 valence electrons. The molecule has 1 atom stereocenters. The molecule has 7 nitrogen and oxygen atoms in total. The van der Waals surface area contributed by atoms with Gasteiger partial charge in [-0.2, -0.15) is 0 Å². The Morgan fingerprint density at radius 3 is 2.09 bits per heavy atom. The van der Waals surface area contributed by atoms with Crippen molar-refractivity contribution in [2.75, 3.05) is 14.2 Å². The number of ether oxygens (including phenoxy) is 3. The molecule has 0 bridgehead atoms. The fourth-order valence-corrected chi connectivity index (χ4v) is 1.98. The van der Waals surface area contributed by atoms with Crippen molar-refractivity contribution >= 4 is 12.1 Å². The van der Waals surface area contributed by atoms with Gasteiger partial charge in [0.1, 0.15) is 23.1 Å². The van der Waals surface area contributed by atoms with Gasteiger partial charge in [0.25, 0.3) is 0 Å². The van der Waals surface area contributed by atoms with E-state index >= 15 is 0 Å². The Kier molecular flexibility index (Phi) is 6.24. The SMILES string of the molecule is COc1cccc(OC)c1CC(NC(=O)OC(C)(C)C)C(=O)O. The number of amides is 1. The molecule has 0 spiro atoms. The number of aliphatic carboxylic acids is 1. The molecule has 1 amide bonds. The number of carbonyl (C=O) groups excluding carboxylic acids is 1. The second-order valence-corrected chi connectivity index (χ2v) is 5.88. The van der Waals surface area contributed by atoms with Crippen LogP contribution in [0.4, 0.5) is 4.79 Å². The molecule has 7 heteroatoms. The number of nitrogens with one attached hydrogen (secondary N) is 1. The zero-order chi connectivity index (χ0) is 17.6. The summed E-state index contributed by atoms with van der Waals surface area (Å²) in [6.07, 6.45) is -0.791. The lowest BCUT2D eigenvalue weighted by Crippen LogP contribution is -2.44. The predicted octanol–water partition coefficient (Wildman–Crippen LogP) is 2.22. The topological polar surface area (TPSA) is 94.1 Å². The number of methoxy groups -OCH3 is 2. The quantitative estimate of drug-likeness (QED) is 0.833. The summed E-state index contributed by atoms with van der Waals surface area (Å²) in [5, 5.41) is 11.7. The van der Waals surface area contributed by atoms with Gasteiger partial charge in [0.2, 0.25) is 0 Å². The van der Waals surface area contributed by atoms with Crippen molar-refractivity contribution in [1.29, 1.82) is 0 Å². The molecular weight excluding hydrogens is 302 g/mol. The normalized spacial score (nSPS) is 12.2. The van der Waals surface area contributed by atoms with Crippen LogP contribution < -0.4 is 14.8 Å². The van der Waals surface area contributed by atoms with Crippen LogP contribution in [0.5, 0.6) is 11.5 Å². The van der Waals surface area contributed by atoms with Crippen LogP contribution in [0, 0.1) is 0 Å². The second kappa shape index (κ2) is 7.71. The summed E-state index contributed by atoms with van der Waals surface area (Å²) in [5.74, 6) is -0.202. The van der Waals surface area contributed by atoms with E-state index in [0.29, 0.717) is 17.1 Å². The van der Waals surface area contributed by atoms with Crippen molar-refractivity contribution in [2.24, 2.45) is 0 Å². The lowest BCUT2D eigenvalue weighted by molar-refractivity contribution is -0.139. The third-order valence-corrected chi connectivity index (χ3v) is 2.93. The Morgan fingerprint density at radius 1 is 1.17 bits per heavy atom. The van der Waals surface area contributed by atoms with Crippen LogP contribution in [-0.2, 0) is 16.0 Å². The Bertz CT molecular complexity index is 542. The van der Waals surface area contributed by atoms with E-state index in [0.717, 1.165) is 0 Å². The summed E-state index contributed by atoms with van der Waals surface area (Å²) in [7, 11) is 2.96. The van der Waals surface area contributed by atoms with E-state index in [2.05, 4.69) is 5.32 Å². The molecule has 0 aromatic heterocycles. The highest BCUT2D eigenvalue weighted by atomic mass is 16.6. The molecule has 0 radical (unpaired) electrons. The van der Waals surface area contributed by atoms with E-state index in [9.17, 15) is 14.7 Å². The fraction of sp³-hybridized carbons (Fsp3) is 0.500. The van der Waals surface area contributed by atoms with Crippen LogP contribution in [0.25, 0.3) is 0 Å². The molecule has 0 aliphatic carbocycles. The molecule has 1 rings (SSSR count). The number of benzene rings is 1. The first-order chi connectivity index (χ1) is 10.7. The average molecular weight is 325 g/mol. The van der Waals surface area contributed by atoms with Crippen molar-refractivity contribution in [1.82, 2.24) is 5.32 Å². The fourth-order valence-electron chi connectivity index (χ4n) is 1.98. The Labute approximate surface area is 135 Å². The third-order valence-electron chi connectivity index (χ3n) is 2.93. The molecule has 1 unspecified atom stereocenters. The Morgan fingerprint density at radius 2 is 1.70 bits per heavy atom. The molecule has 0 fully saturated rings. The maximum atomic E-state index is 11.8. The molecule has 23 heavy (non-hydrogen) atoms. The molecule has 2 N–H and O–H groups in total. The molecule has 0 saturated carbocycles. The van der Waals surface area contributed by atoms with Crippen molar-refractivity contribution in [3.63, 3.8) is 0 Å². The van der Waals surface area contributed by atoms with E-state index in [1.807, 2.05) is 0 Å². The van der Waals surface area contributed by atoms with Gasteiger partial charge < -0.3 is 24.6 Å². The Balaban J connectivity index is 2.97. The molecule has 1 aromatic carbocycles. The maximum Gasteiger partial charge on any atom is 0.408 e. The second-order valence-electron chi connectivity index (χ2n) is 5.88. The molecule has 1 aromatic rings. The highest BCUT2D eigenvalue weighted by Crippen LogP contribution is 2.29. The van der Waals surface area contributed by atoms with Crippen LogP contribution in [0.1, 0.15) is 26.3 Å². The van der Waals surface area contributed by atoms with Gasteiger partial charge in [0.05, 0.1) is 14.2 Å². The molecule has 0 saturated heterocycles. The smallest absolute Gasteiger partial charge is 0.408 e. The zero-order valence-corrected chi connectivity index (χ0v) is 14.0. The number of rotatable bonds is 6. The molecule has 0 aliphatic heterocycles. The number of carboxylic acid groups (broad SMARTS) is 1. The standard InChI is InChI=1S/C16H23NO6/c1-16(2,3)23-15(20)17-11(14(18)19)9-10-12(21-4)7-6-8-13(10)22-5/h6-8,11H,9H2,1-5H3,(H,17,20)(H,18,19). The van der Waals surface area contributed by atoms with E-state index in [-0.39, 0.29) is 6.42 Å². The number of hydrogen-bond acceptors (Lipinski definition) is 5.